The summed E-state index contributed by atoms with van der Waals surface area (Å²) in [5.41, 5.74) is 10.4. The zero-order chi connectivity index (χ0) is 19.6. The lowest BCUT2D eigenvalue weighted by Crippen LogP contribution is -2.61. The van der Waals surface area contributed by atoms with E-state index in [0.29, 0.717) is 25.3 Å². The highest BCUT2D eigenvalue weighted by Crippen LogP contribution is 2.40. The maximum atomic E-state index is 12.8. The zero-order valence-electron chi connectivity index (χ0n) is 16.6. The van der Waals surface area contributed by atoms with Gasteiger partial charge < -0.3 is 21.7 Å². The number of carbonyl (C=O) groups excluding carboxylic acids is 2. The summed E-state index contributed by atoms with van der Waals surface area (Å²) in [7, 11) is 0. The minimum absolute atomic E-state index is 0.0405. The van der Waals surface area contributed by atoms with Crippen LogP contribution in [0.1, 0.15) is 53.9 Å². The molecule has 8 heteroatoms. The van der Waals surface area contributed by atoms with E-state index in [1.807, 2.05) is 25.7 Å². The Labute approximate surface area is 156 Å². The van der Waals surface area contributed by atoms with Gasteiger partial charge in [-0.25, -0.2) is 0 Å². The first-order chi connectivity index (χ1) is 12.0. The number of fused-ring (bicyclic) bond motifs is 1. The van der Waals surface area contributed by atoms with Crippen LogP contribution in [0, 0.1) is 5.92 Å². The Morgan fingerprint density at radius 3 is 2.54 bits per heavy atom. The highest BCUT2D eigenvalue weighted by Gasteiger charge is 2.61. The Hall–Kier alpha value is -1.83. The van der Waals surface area contributed by atoms with Crippen molar-refractivity contribution in [3.8, 4) is 0 Å². The van der Waals surface area contributed by atoms with Crippen LogP contribution >= 0.6 is 0 Å². The van der Waals surface area contributed by atoms with Crippen molar-refractivity contribution in [2.24, 2.45) is 22.4 Å². The summed E-state index contributed by atoms with van der Waals surface area (Å²) in [5.74, 6) is 0.578. The molecule has 2 saturated heterocycles. The summed E-state index contributed by atoms with van der Waals surface area (Å²) < 4.78 is 0. The van der Waals surface area contributed by atoms with E-state index in [0.717, 1.165) is 6.42 Å². The number of hydrogen-bond acceptors (Lipinski definition) is 4. The SMILES string of the molecule is CC(C)C[C@H]1[C@@H]2C(C(=O)NC(C)(C)C)N[C@H](CCCN=C(N)N)C(=O)N12. The monoisotopic (exact) mass is 366 g/mol. The van der Waals surface area contributed by atoms with Crippen molar-refractivity contribution < 1.29 is 9.59 Å². The number of rotatable bonds is 7. The largest absolute Gasteiger partial charge is 0.370 e. The van der Waals surface area contributed by atoms with Crippen LogP contribution in [0.25, 0.3) is 0 Å². The molecule has 26 heavy (non-hydrogen) atoms. The van der Waals surface area contributed by atoms with Crippen LogP contribution in [-0.4, -0.2) is 58.9 Å². The minimum atomic E-state index is -0.372. The number of guanidine groups is 1. The molecule has 2 amide bonds. The summed E-state index contributed by atoms with van der Waals surface area (Å²) in [6.45, 7) is 10.6. The topological polar surface area (TPSA) is 126 Å². The Morgan fingerprint density at radius 2 is 2.00 bits per heavy atom. The molecule has 148 valence electrons. The second-order valence-corrected chi connectivity index (χ2v) is 8.82. The Balaban J connectivity index is 2.07. The van der Waals surface area contributed by atoms with Gasteiger partial charge in [0.2, 0.25) is 11.8 Å². The average molecular weight is 367 g/mol. The van der Waals surface area contributed by atoms with E-state index in [9.17, 15) is 9.59 Å². The van der Waals surface area contributed by atoms with Gasteiger partial charge in [0, 0.05) is 12.1 Å². The molecule has 2 fully saturated rings. The molecule has 0 aromatic heterocycles. The van der Waals surface area contributed by atoms with Gasteiger partial charge in [0.15, 0.2) is 5.96 Å². The van der Waals surface area contributed by atoms with Gasteiger partial charge >= 0.3 is 0 Å². The number of aliphatic imine (C=N–C) groups is 1. The minimum Gasteiger partial charge on any atom is -0.370 e. The molecule has 0 aliphatic carbocycles. The maximum Gasteiger partial charge on any atom is 0.240 e. The van der Waals surface area contributed by atoms with Crippen molar-refractivity contribution >= 4 is 17.8 Å². The first-order valence-corrected chi connectivity index (χ1v) is 9.47. The van der Waals surface area contributed by atoms with Gasteiger partial charge in [-0.2, -0.15) is 0 Å². The number of amides is 2. The predicted octanol–water partition coefficient (Wildman–Crippen LogP) is -0.0794. The number of piperazine rings is 1. The number of carbonyl (C=O) groups is 2. The summed E-state index contributed by atoms with van der Waals surface area (Å²) in [6.07, 6.45) is 2.20. The van der Waals surface area contributed by atoms with Crippen molar-refractivity contribution in [2.75, 3.05) is 6.54 Å². The van der Waals surface area contributed by atoms with Crippen molar-refractivity contribution in [1.82, 2.24) is 15.5 Å². The number of hydrogen-bond donors (Lipinski definition) is 4. The van der Waals surface area contributed by atoms with Crippen LogP contribution in [0.15, 0.2) is 4.99 Å². The van der Waals surface area contributed by atoms with E-state index >= 15 is 0 Å². The molecule has 0 radical (unpaired) electrons. The fourth-order valence-electron chi connectivity index (χ4n) is 3.68. The molecule has 2 rings (SSSR count). The third-order valence-corrected chi connectivity index (χ3v) is 4.70. The summed E-state index contributed by atoms with van der Waals surface area (Å²) >= 11 is 0. The van der Waals surface area contributed by atoms with Gasteiger partial charge in [-0.3, -0.25) is 19.9 Å². The molecule has 0 aromatic carbocycles. The van der Waals surface area contributed by atoms with E-state index in [4.69, 9.17) is 11.5 Å². The molecule has 2 heterocycles. The van der Waals surface area contributed by atoms with Gasteiger partial charge in [0.1, 0.15) is 6.04 Å². The summed E-state index contributed by atoms with van der Waals surface area (Å²) in [5, 5.41) is 6.34. The number of nitrogens with zero attached hydrogens (tertiary/aromatic N) is 2. The van der Waals surface area contributed by atoms with Crippen molar-refractivity contribution in [3.05, 3.63) is 0 Å². The Morgan fingerprint density at radius 1 is 1.35 bits per heavy atom. The highest BCUT2D eigenvalue weighted by atomic mass is 16.2. The van der Waals surface area contributed by atoms with E-state index < -0.39 is 0 Å². The standard InChI is InChI=1S/C18H34N6O2/c1-10(2)9-12-14-13(15(25)23-18(3,4)5)22-11(16(26)24(12)14)7-6-8-21-17(19)20/h10-14,22H,6-9H2,1-5H3,(H,23,25)(H4,19,20,21)/t11-,12+,13?,14-,24?/m1/s1. The van der Waals surface area contributed by atoms with Gasteiger partial charge in [-0.15, -0.1) is 0 Å². The van der Waals surface area contributed by atoms with Crippen molar-refractivity contribution in [3.63, 3.8) is 0 Å². The lowest BCUT2D eigenvalue weighted by atomic mass is 9.99. The summed E-state index contributed by atoms with van der Waals surface area (Å²) in [6, 6.07) is -0.633. The maximum absolute atomic E-state index is 12.8. The highest BCUT2D eigenvalue weighted by molar-refractivity contribution is 5.93. The molecule has 0 aromatic rings. The number of nitrogens with one attached hydrogen (secondary N) is 2. The first kappa shape index (κ1) is 20.5. The fraction of sp³-hybridized carbons (Fsp3) is 0.833. The van der Waals surface area contributed by atoms with Crippen LogP contribution < -0.4 is 22.1 Å². The van der Waals surface area contributed by atoms with Crippen molar-refractivity contribution in [2.45, 2.75) is 83.6 Å². The molecule has 4 atom stereocenters. The van der Waals surface area contributed by atoms with Gasteiger partial charge in [0.05, 0.1) is 18.1 Å². The average Bonchev–Trinajstić information content (AvgIpc) is 3.17. The first-order valence-electron chi connectivity index (χ1n) is 9.47. The fourth-order valence-corrected chi connectivity index (χ4v) is 3.68. The molecule has 2 aliphatic heterocycles. The lowest BCUT2D eigenvalue weighted by molar-refractivity contribution is -0.133. The van der Waals surface area contributed by atoms with Gasteiger partial charge in [-0.1, -0.05) is 13.8 Å². The van der Waals surface area contributed by atoms with E-state index in [2.05, 4.69) is 29.5 Å². The Bertz CT molecular complexity index is 565. The third-order valence-electron chi connectivity index (χ3n) is 4.70. The van der Waals surface area contributed by atoms with Crippen molar-refractivity contribution in [1.29, 1.82) is 0 Å². The van der Waals surface area contributed by atoms with E-state index in [1.54, 1.807) is 0 Å². The van der Waals surface area contributed by atoms with Gasteiger partial charge in [-0.05, 0) is 46.0 Å². The molecular weight excluding hydrogens is 332 g/mol. The number of nitrogens with two attached hydrogens (primary N) is 2. The summed E-state index contributed by atoms with van der Waals surface area (Å²) in [4.78, 5) is 31.4. The lowest BCUT2D eigenvalue weighted by Gasteiger charge is -2.31. The predicted molar refractivity (Wildman–Crippen MR) is 102 cm³/mol. The quantitative estimate of drug-likeness (QED) is 0.217. The van der Waals surface area contributed by atoms with Crippen LogP contribution in [0.2, 0.25) is 0 Å². The molecule has 2 aliphatic rings. The van der Waals surface area contributed by atoms with Crippen LogP contribution in [-0.2, 0) is 9.59 Å². The van der Waals surface area contributed by atoms with E-state index in [-0.39, 0.29) is 47.5 Å². The second kappa shape index (κ2) is 7.82. The molecule has 6 N–H and O–H groups in total. The molecule has 8 nitrogen and oxygen atoms in total. The zero-order valence-corrected chi connectivity index (χ0v) is 16.6. The van der Waals surface area contributed by atoms with Crippen LogP contribution in [0.4, 0.5) is 0 Å². The molecule has 0 spiro atoms. The molecular formula is C18H34N6O2. The molecule has 0 saturated carbocycles. The smallest absolute Gasteiger partial charge is 0.240 e. The van der Waals surface area contributed by atoms with E-state index in [1.165, 1.54) is 0 Å². The third kappa shape index (κ3) is 5.09. The van der Waals surface area contributed by atoms with Crippen LogP contribution in [0.5, 0.6) is 0 Å². The van der Waals surface area contributed by atoms with Crippen LogP contribution in [0.3, 0.4) is 0 Å². The molecule has 0 bridgehead atoms. The second-order valence-electron chi connectivity index (χ2n) is 8.82. The normalized spacial score (nSPS) is 27.9. The van der Waals surface area contributed by atoms with Gasteiger partial charge in [0.25, 0.3) is 0 Å². The Kier molecular flexibility index (Phi) is 6.16. The molecule has 1 unspecified atom stereocenters.